The maximum absolute atomic E-state index is 12.1. The van der Waals surface area contributed by atoms with E-state index in [0.29, 0.717) is 5.92 Å². The first-order valence-electron chi connectivity index (χ1n) is 6.24. The molecule has 0 saturated heterocycles. The Kier molecular flexibility index (Phi) is 3.95. The van der Waals surface area contributed by atoms with Gasteiger partial charge in [0.15, 0.2) is 0 Å². The van der Waals surface area contributed by atoms with E-state index in [0.717, 1.165) is 29.4 Å². The van der Waals surface area contributed by atoms with Crippen molar-refractivity contribution in [1.82, 2.24) is 0 Å². The number of hydrogen-bond donors (Lipinski definition) is 1. The maximum Gasteiger partial charge on any atom is 0.331 e. The van der Waals surface area contributed by atoms with Crippen LogP contribution >= 0.6 is 15.9 Å². The summed E-state index contributed by atoms with van der Waals surface area (Å²) in [6, 6.07) is 7.87. The molecule has 98 valence electrons. The smallest absolute Gasteiger partial charge is 0.331 e. The van der Waals surface area contributed by atoms with Crippen LogP contribution in [0.25, 0.3) is 0 Å². The van der Waals surface area contributed by atoms with E-state index in [2.05, 4.69) is 21.2 Å². The lowest BCUT2D eigenvalue weighted by Gasteiger charge is -2.32. The number of nitrogens with one attached hydrogen (secondary N) is 1. The summed E-state index contributed by atoms with van der Waals surface area (Å²) in [5, 5.41) is 3.39. The van der Waals surface area contributed by atoms with Crippen molar-refractivity contribution in [2.45, 2.75) is 31.7 Å². The van der Waals surface area contributed by atoms with E-state index in [1.54, 1.807) is 0 Å². The van der Waals surface area contributed by atoms with Crippen molar-refractivity contribution in [3.63, 3.8) is 0 Å². The van der Waals surface area contributed by atoms with Crippen molar-refractivity contribution < 1.29 is 9.53 Å². The zero-order valence-electron chi connectivity index (χ0n) is 10.7. The molecule has 1 aromatic rings. The van der Waals surface area contributed by atoms with Crippen LogP contribution in [-0.2, 0) is 9.53 Å². The van der Waals surface area contributed by atoms with Gasteiger partial charge >= 0.3 is 5.97 Å². The average Bonchev–Trinajstić information content (AvgIpc) is 3.22. The molecular weight excluding hydrogens is 294 g/mol. The largest absolute Gasteiger partial charge is 0.467 e. The Balaban J connectivity index is 2.24. The molecule has 4 heteroatoms. The third kappa shape index (κ3) is 2.53. The van der Waals surface area contributed by atoms with Gasteiger partial charge in [-0.15, -0.1) is 0 Å². The molecule has 1 unspecified atom stereocenters. The molecule has 2 rings (SSSR count). The molecule has 1 aliphatic rings. The topological polar surface area (TPSA) is 38.3 Å². The number of carbonyl (C=O) groups excluding carboxylic acids is 1. The molecule has 1 aliphatic carbocycles. The van der Waals surface area contributed by atoms with Crippen molar-refractivity contribution in [1.29, 1.82) is 0 Å². The molecule has 0 bridgehead atoms. The standard InChI is InChI=1S/C14H18BrNO2/c1-3-14(10-4-5-10,13(17)18-2)16-12-8-6-11(15)7-9-12/h6-10,16H,3-5H2,1-2H3. The Morgan fingerprint density at radius 1 is 1.44 bits per heavy atom. The van der Waals surface area contributed by atoms with Gasteiger partial charge in [0.2, 0.25) is 0 Å². The van der Waals surface area contributed by atoms with Crippen LogP contribution in [0.5, 0.6) is 0 Å². The zero-order valence-corrected chi connectivity index (χ0v) is 12.3. The lowest BCUT2D eigenvalue weighted by Crippen LogP contribution is -2.48. The van der Waals surface area contributed by atoms with E-state index in [9.17, 15) is 4.79 Å². The van der Waals surface area contributed by atoms with E-state index in [1.165, 1.54) is 7.11 Å². The molecule has 0 aromatic heterocycles. The van der Waals surface area contributed by atoms with E-state index in [-0.39, 0.29) is 5.97 Å². The Hall–Kier alpha value is -1.03. The normalized spacial score (nSPS) is 17.9. The summed E-state index contributed by atoms with van der Waals surface area (Å²) in [6.07, 6.45) is 2.92. The Labute approximate surface area is 116 Å². The van der Waals surface area contributed by atoms with Gasteiger partial charge in [-0.25, -0.2) is 4.79 Å². The van der Waals surface area contributed by atoms with Gasteiger partial charge in [0.05, 0.1) is 7.11 Å². The van der Waals surface area contributed by atoms with Crippen LogP contribution < -0.4 is 5.32 Å². The van der Waals surface area contributed by atoms with Gasteiger partial charge in [-0.2, -0.15) is 0 Å². The summed E-state index contributed by atoms with van der Waals surface area (Å²) in [5.74, 6) is 0.231. The van der Waals surface area contributed by atoms with Crippen LogP contribution in [0.3, 0.4) is 0 Å². The third-order valence-electron chi connectivity index (χ3n) is 3.59. The van der Waals surface area contributed by atoms with Crippen LogP contribution in [0, 0.1) is 5.92 Å². The van der Waals surface area contributed by atoms with Crippen molar-refractivity contribution in [2.75, 3.05) is 12.4 Å². The van der Waals surface area contributed by atoms with E-state index in [4.69, 9.17) is 4.74 Å². The second kappa shape index (κ2) is 5.31. The van der Waals surface area contributed by atoms with Gasteiger partial charge in [-0.3, -0.25) is 0 Å². The first-order chi connectivity index (χ1) is 8.62. The second-order valence-electron chi connectivity index (χ2n) is 4.72. The van der Waals surface area contributed by atoms with Gasteiger partial charge in [0, 0.05) is 10.2 Å². The number of rotatable bonds is 5. The van der Waals surface area contributed by atoms with Crippen molar-refractivity contribution in [3.8, 4) is 0 Å². The highest BCUT2D eigenvalue weighted by Gasteiger charge is 2.50. The first kappa shape index (κ1) is 13.4. The number of benzene rings is 1. The van der Waals surface area contributed by atoms with E-state index in [1.807, 2.05) is 31.2 Å². The van der Waals surface area contributed by atoms with E-state index < -0.39 is 5.54 Å². The summed E-state index contributed by atoms with van der Waals surface area (Å²) in [5.41, 5.74) is 0.389. The van der Waals surface area contributed by atoms with Crippen molar-refractivity contribution in [2.24, 2.45) is 5.92 Å². The molecule has 0 radical (unpaired) electrons. The molecule has 0 amide bonds. The lowest BCUT2D eigenvalue weighted by atomic mass is 9.89. The highest BCUT2D eigenvalue weighted by Crippen LogP contribution is 2.44. The zero-order chi connectivity index (χ0) is 13.2. The molecule has 3 nitrogen and oxygen atoms in total. The minimum atomic E-state index is -0.567. The van der Waals surface area contributed by atoms with Crippen molar-refractivity contribution >= 4 is 27.6 Å². The molecule has 0 spiro atoms. The van der Waals surface area contributed by atoms with Crippen LogP contribution in [0.4, 0.5) is 5.69 Å². The quantitative estimate of drug-likeness (QED) is 0.844. The van der Waals surface area contributed by atoms with Gasteiger partial charge in [-0.05, 0) is 49.4 Å². The van der Waals surface area contributed by atoms with Crippen LogP contribution in [-0.4, -0.2) is 18.6 Å². The summed E-state index contributed by atoms with van der Waals surface area (Å²) >= 11 is 3.41. The molecule has 1 aromatic carbocycles. The van der Waals surface area contributed by atoms with Gasteiger partial charge in [-0.1, -0.05) is 22.9 Å². The highest BCUT2D eigenvalue weighted by molar-refractivity contribution is 9.10. The summed E-state index contributed by atoms with van der Waals surface area (Å²) in [7, 11) is 1.46. The average molecular weight is 312 g/mol. The van der Waals surface area contributed by atoms with Crippen LogP contribution in [0.1, 0.15) is 26.2 Å². The summed E-state index contributed by atoms with van der Waals surface area (Å²) in [4.78, 5) is 12.1. The molecule has 1 atom stereocenters. The Morgan fingerprint density at radius 2 is 2.06 bits per heavy atom. The van der Waals surface area contributed by atoms with Gasteiger partial charge < -0.3 is 10.1 Å². The highest BCUT2D eigenvalue weighted by atomic mass is 79.9. The molecule has 1 fully saturated rings. The van der Waals surface area contributed by atoms with Crippen LogP contribution in [0.15, 0.2) is 28.7 Å². The Morgan fingerprint density at radius 3 is 2.50 bits per heavy atom. The molecule has 0 heterocycles. The summed E-state index contributed by atoms with van der Waals surface area (Å²) in [6.45, 7) is 2.03. The predicted molar refractivity (Wildman–Crippen MR) is 75.5 cm³/mol. The second-order valence-corrected chi connectivity index (χ2v) is 5.64. The molecule has 0 aliphatic heterocycles. The monoisotopic (exact) mass is 311 g/mol. The lowest BCUT2D eigenvalue weighted by molar-refractivity contribution is -0.147. The molecule has 1 saturated carbocycles. The number of carbonyl (C=O) groups is 1. The predicted octanol–water partition coefficient (Wildman–Crippen LogP) is 3.59. The maximum atomic E-state index is 12.1. The number of methoxy groups -OCH3 is 1. The van der Waals surface area contributed by atoms with Crippen molar-refractivity contribution in [3.05, 3.63) is 28.7 Å². The molecule has 1 N–H and O–H groups in total. The minimum Gasteiger partial charge on any atom is -0.467 e. The third-order valence-corrected chi connectivity index (χ3v) is 4.12. The fourth-order valence-electron chi connectivity index (χ4n) is 2.39. The Bertz CT molecular complexity index is 428. The first-order valence-corrected chi connectivity index (χ1v) is 7.04. The summed E-state index contributed by atoms with van der Waals surface area (Å²) < 4.78 is 6.02. The minimum absolute atomic E-state index is 0.157. The van der Waals surface area contributed by atoms with E-state index >= 15 is 0 Å². The molecular formula is C14H18BrNO2. The van der Waals surface area contributed by atoms with Gasteiger partial charge in [0.25, 0.3) is 0 Å². The molecule has 18 heavy (non-hydrogen) atoms. The SMILES string of the molecule is CCC(Nc1ccc(Br)cc1)(C(=O)OC)C1CC1. The van der Waals surface area contributed by atoms with Crippen LogP contribution in [0.2, 0.25) is 0 Å². The number of esters is 1. The number of ether oxygens (including phenoxy) is 1. The fraction of sp³-hybridized carbons (Fsp3) is 0.500. The number of anilines is 1. The van der Waals surface area contributed by atoms with Gasteiger partial charge in [0.1, 0.15) is 5.54 Å². The number of halogens is 1. The fourth-order valence-corrected chi connectivity index (χ4v) is 2.65. The number of hydrogen-bond acceptors (Lipinski definition) is 3.